The minimum Gasteiger partial charge on any atom is -0.431 e. The van der Waals surface area contributed by atoms with Crippen molar-refractivity contribution in [3.8, 4) is 0 Å². The Balaban J connectivity index is 1.22. The summed E-state index contributed by atoms with van der Waals surface area (Å²) in [5.74, 6) is -0.580. The molecule has 8 atom stereocenters. The van der Waals surface area contributed by atoms with Gasteiger partial charge in [0.25, 0.3) is 5.22 Å². The fraction of sp³-hybridized carbons (Fsp3) is 0.581. The second kappa shape index (κ2) is 8.77. The summed E-state index contributed by atoms with van der Waals surface area (Å²) >= 11 is 7.36. The van der Waals surface area contributed by atoms with Crippen molar-refractivity contribution in [2.75, 3.05) is 5.75 Å². The third kappa shape index (κ3) is 3.65. The normalized spacial score (nSPS) is 41.3. The number of halogens is 1. The number of ether oxygens (including phenoxy) is 2. The number of hydrogen-bond donors (Lipinski definition) is 1. The number of aliphatic hydroxyl groups is 1. The van der Waals surface area contributed by atoms with Gasteiger partial charge in [-0.1, -0.05) is 48.9 Å². The molecule has 0 radical (unpaired) electrons. The Morgan fingerprint density at radius 1 is 1.25 bits per heavy atom. The highest BCUT2D eigenvalue weighted by Crippen LogP contribution is 2.70. The van der Waals surface area contributed by atoms with Crippen LogP contribution in [0.2, 0.25) is 5.02 Å². The van der Waals surface area contributed by atoms with Crippen molar-refractivity contribution < 1.29 is 28.6 Å². The zero-order valence-corrected chi connectivity index (χ0v) is 24.7. The van der Waals surface area contributed by atoms with Crippen LogP contribution >= 0.6 is 23.4 Å². The molecule has 0 spiro atoms. The number of carbonyl (C=O) groups is 2. The number of allylic oxidation sites excluding steroid dienone is 4. The van der Waals surface area contributed by atoms with Crippen LogP contribution in [0, 0.1) is 28.6 Å². The van der Waals surface area contributed by atoms with Crippen LogP contribution in [0.1, 0.15) is 53.4 Å². The van der Waals surface area contributed by atoms with Crippen molar-refractivity contribution in [3.05, 3.63) is 47.0 Å². The smallest absolute Gasteiger partial charge is 0.257 e. The standard InChI is InChI=1S/C31H34ClNO6S/c1-28(2)38-25-13-20-19-7-5-16-11-18(34)9-10-29(16,3)26(19)22(35)14-30(20,4)31(25,39-28)24(36)15-40-27-33-21-12-17(32)6-8-23(21)37-27/h6,8-12,19-20,22,25-26,35H,5,7,13-15H2,1-4H3/t19?,20?,22-,25+,26?,29?,30?,31+/m0/s1. The van der Waals surface area contributed by atoms with Gasteiger partial charge in [0.05, 0.1) is 18.0 Å². The Kier molecular flexibility index (Phi) is 5.90. The summed E-state index contributed by atoms with van der Waals surface area (Å²) in [7, 11) is 0. The van der Waals surface area contributed by atoms with Crippen molar-refractivity contribution in [1.29, 1.82) is 0 Å². The molecule has 0 bridgehead atoms. The SMILES string of the molecule is CC1(C)O[C@@H]2CC3C4CCC5=CC(=O)C=CC5(C)C4[C@@H](O)CC3(C)[C@]2(C(=O)CSc2nc3cc(Cl)ccc3o2)O1. The van der Waals surface area contributed by atoms with Gasteiger partial charge >= 0.3 is 0 Å². The summed E-state index contributed by atoms with van der Waals surface area (Å²) in [6, 6.07) is 5.26. The number of Topliss-reactive ketones (excluding diaryl/α,β-unsaturated/α-hetero) is 1. The maximum Gasteiger partial charge on any atom is 0.257 e. The van der Waals surface area contributed by atoms with E-state index in [0.717, 1.165) is 18.4 Å². The van der Waals surface area contributed by atoms with Crippen LogP contribution in [0.5, 0.6) is 0 Å². The highest BCUT2D eigenvalue weighted by atomic mass is 35.5. The number of aromatic nitrogens is 1. The molecule has 7 nitrogen and oxygen atoms in total. The van der Waals surface area contributed by atoms with Crippen LogP contribution in [0.4, 0.5) is 0 Å². The molecule has 4 fully saturated rings. The van der Waals surface area contributed by atoms with Crippen molar-refractivity contribution in [1.82, 2.24) is 4.98 Å². The lowest BCUT2D eigenvalue weighted by molar-refractivity contribution is -0.223. The zero-order valence-electron chi connectivity index (χ0n) is 23.1. The largest absolute Gasteiger partial charge is 0.431 e. The van der Waals surface area contributed by atoms with E-state index in [9.17, 15) is 14.7 Å². The number of ketones is 2. The van der Waals surface area contributed by atoms with Crippen molar-refractivity contribution >= 4 is 46.0 Å². The number of nitrogens with zero attached hydrogens (tertiary/aromatic N) is 1. The fourth-order valence-corrected chi connectivity index (χ4v) is 10.0. The van der Waals surface area contributed by atoms with Gasteiger partial charge in [0.15, 0.2) is 28.5 Å². The van der Waals surface area contributed by atoms with Crippen LogP contribution in [0.3, 0.4) is 0 Å². The molecule has 3 saturated carbocycles. The Labute approximate surface area is 242 Å². The molecule has 9 heteroatoms. The summed E-state index contributed by atoms with van der Waals surface area (Å²) < 4.78 is 19.0. The van der Waals surface area contributed by atoms with E-state index in [0.29, 0.717) is 34.2 Å². The van der Waals surface area contributed by atoms with E-state index in [-0.39, 0.29) is 40.5 Å². The van der Waals surface area contributed by atoms with Crippen LogP contribution in [-0.4, -0.2) is 51.0 Å². The van der Waals surface area contributed by atoms with E-state index in [1.54, 1.807) is 30.4 Å². The lowest BCUT2D eigenvalue weighted by atomic mass is 9.46. The molecule has 2 aromatic rings. The Morgan fingerprint density at radius 3 is 2.85 bits per heavy atom. The highest BCUT2D eigenvalue weighted by molar-refractivity contribution is 7.99. The predicted octanol–water partition coefficient (Wildman–Crippen LogP) is 5.92. The molecule has 1 aliphatic heterocycles. The quantitative estimate of drug-likeness (QED) is 0.443. The summed E-state index contributed by atoms with van der Waals surface area (Å²) in [5.41, 5.74) is 0.183. The molecule has 40 heavy (non-hydrogen) atoms. The number of carbonyl (C=O) groups excluding carboxylic acids is 2. The van der Waals surface area contributed by atoms with Crippen LogP contribution in [-0.2, 0) is 19.1 Å². The average molecular weight is 584 g/mol. The van der Waals surface area contributed by atoms with Gasteiger partial charge in [0.1, 0.15) is 5.52 Å². The zero-order chi connectivity index (χ0) is 28.2. The number of hydrogen-bond acceptors (Lipinski definition) is 8. The summed E-state index contributed by atoms with van der Waals surface area (Å²) in [6.45, 7) is 8.00. The van der Waals surface area contributed by atoms with Gasteiger partial charge in [0, 0.05) is 21.8 Å². The van der Waals surface area contributed by atoms with Gasteiger partial charge in [-0.25, -0.2) is 4.98 Å². The monoisotopic (exact) mass is 583 g/mol. The number of fused-ring (bicyclic) bond motifs is 8. The summed E-state index contributed by atoms with van der Waals surface area (Å²) in [5, 5.41) is 12.8. The van der Waals surface area contributed by atoms with Crippen molar-refractivity contribution in [2.24, 2.45) is 28.6 Å². The Hall–Kier alpha value is -1.97. The minimum atomic E-state index is -1.19. The second-order valence-electron chi connectivity index (χ2n) is 13.1. The van der Waals surface area contributed by atoms with Crippen LogP contribution < -0.4 is 0 Å². The van der Waals surface area contributed by atoms with E-state index >= 15 is 0 Å². The molecule has 5 aliphatic rings. The molecule has 5 unspecified atom stereocenters. The lowest BCUT2D eigenvalue weighted by Crippen LogP contribution is -2.63. The number of oxazole rings is 1. The van der Waals surface area contributed by atoms with Gasteiger partial charge < -0.3 is 19.0 Å². The molecular formula is C31H34ClNO6S. The molecular weight excluding hydrogens is 550 g/mol. The first-order valence-corrected chi connectivity index (χ1v) is 15.5. The maximum absolute atomic E-state index is 14.4. The summed E-state index contributed by atoms with van der Waals surface area (Å²) in [6.07, 6.45) is 7.15. The van der Waals surface area contributed by atoms with Gasteiger partial charge in [0.2, 0.25) is 0 Å². The lowest BCUT2D eigenvalue weighted by Gasteiger charge is -2.60. The minimum absolute atomic E-state index is 0.0181. The molecule has 0 amide bonds. The first kappa shape index (κ1) is 26.9. The van der Waals surface area contributed by atoms with Crippen molar-refractivity contribution in [3.63, 3.8) is 0 Å². The van der Waals surface area contributed by atoms with E-state index in [1.165, 1.54) is 11.8 Å². The van der Waals surface area contributed by atoms with E-state index in [2.05, 4.69) is 18.8 Å². The average Bonchev–Trinajstić information content (AvgIpc) is 3.48. The number of aliphatic hydroxyl groups excluding tert-OH is 1. The third-order valence-corrected chi connectivity index (χ3v) is 11.6. The number of benzene rings is 1. The van der Waals surface area contributed by atoms with Gasteiger partial charge in [-0.2, -0.15) is 0 Å². The van der Waals surface area contributed by atoms with E-state index in [4.69, 9.17) is 25.5 Å². The van der Waals surface area contributed by atoms with Crippen molar-refractivity contribution in [2.45, 2.75) is 82.2 Å². The molecule has 4 aliphatic carbocycles. The molecule has 1 aromatic heterocycles. The van der Waals surface area contributed by atoms with Crippen LogP contribution in [0.25, 0.3) is 11.1 Å². The first-order chi connectivity index (χ1) is 18.9. The van der Waals surface area contributed by atoms with Gasteiger partial charge in [-0.05, 0) is 81.7 Å². The van der Waals surface area contributed by atoms with Gasteiger partial charge in [-0.3, -0.25) is 9.59 Å². The van der Waals surface area contributed by atoms with Crippen LogP contribution in [0.15, 0.2) is 51.6 Å². The second-order valence-corrected chi connectivity index (χ2v) is 14.5. The fourth-order valence-electron chi connectivity index (χ4n) is 9.10. The number of rotatable bonds is 4. The molecule has 1 saturated heterocycles. The van der Waals surface area contributed by atoms with E-state index < -0.39 is 29.0 Å². The molecule has 1 N–H and O–H groups in total. The first-order valence-electron chi connectivity index (χ1n) is 14.1. The molecule has 7 rings (SSSR count). The van der Waals surface area contributed by atoms with Gasteiger partial charge in [-0.15, -0.1) is 0 Å². The topological polar surface area (TPSA) is 98.9 Å². The summed E-state index contributed by atoms with van der Waals surface area (Å²) in [4.78, 5) is 31.0. The molecule has 2 heterocycles. The Bertz CT molecular complexity index is 1500. The predicted molar refractivity (Wildman–Crippen MR) is 151 cm³/mol. The molecule has 212 valence electrons. The maximum atomic E-state index is 14.4. The van der Waals surface area contributed by atoms with E-state index in [1.807, 2.05) is 19.9 Å². The molecule has 1 aromatic carbocycles. The number of thioether (sulfide) groups is 1. The third-order valence-electron chi connectivity index (χ3n) is 10.6. The highest BCUT2D eigenvalue weighted by Gasteiger charge is 2.76. The Morgan fingerprint density at radius 2 is 2.05 bits per heavy atom.